The van der Waals surface area contributed by atoms with E-state index < -0.39 is 0 Å². The number of amides is 1. The van der Waals surface area contributed by atoms with Crippen molar-refractivity contribution in [1.29, 1.82) is 0 Å². The van der Waals surface area contributed by atoms with E-state index in [-0.39, 0.29) is 29.9 Å². The smallest absolute Gasteiger partial charge is 0.224 e. The number of hydrogen-bond acceptors (Lipinski definition) is 2. The van der Waals surface area contributed by atoms with Crippen LogP contribution >= 0.6 is 24.0 Å². The highest BCUT2D eigenvalue weighted by Gasteiger charge is 2.02. The van der Waals surface area contributed by atoms with Gasteiger partial charge in [-0.1, -0.05) is 26.0 Å². The predicted octanol–water partition coefficient (Wildman–Crippen LogP) is 3.12. The van der Waals surface area contributed by atoms with Crippen LogP contribution in [0.1, 0.15) is 38.7 Å². The summed E-state index contributed by atoms with van der Waals surface area (Å²) in [5.41, 5.74) is 1.94. The molecule has 0 heterocycles. The molecule has 1 aromatic rings. The Kier molecular flexibility index (Phi) is 11.5. The molecule has 0 saturated carbocycles. The summed E-state index contributed by atoms with van der Waals surface area (Å²) in [5.74, 6) is 0.848. The molecular weight excluding hydrogens is 391 g/mol. The van der Waals surface area contributed by atoms with Gasteiger partial charge in [0, 0.05) is 32.2 Å². The molecule has 6 heteroatoms. The molecule has 0 fully saturated rings. The van der Waals surface area contributed by atoms with Gasteiger partial charge in [-0.25, -0.2) is 0 Å². The van der Waals surface area contributed by atoms with Crippen molar-refractivity contribution < 1.29 is 4.79 Å². The van der Waals surface area contributed by atoms with Crippen molar-refractivity contribution in [2.75, 3.05) is 18.9 Å². The van der Waals surface area contributed by atoms with E-state index >= 15 is 0 Å². The average Bonchev–Trinajstić information content (AvgIpc) is 2.48. The second kappa shape index (κ2) is 12.3. The van der Waals surface area contributed by atoms with Crippen LogP contribution in [-0.2, 0) is 11.3 Å². The summed E-state index contributed by atoms with van der Waals surface area (Å²) in [6, 6.07) is 7.85. The van der Waals surface area contributed by atoms with Gasteiger partial charge < -0.3 is 16.0 Å². The molecule has 0 bridgehead atoms. The summed E-state index contributed by atoms with van der Waals surface area (Å²) in [4.78, 5) is 15.8. The maximum atomic E-state index is 11.6. The number of benzene rings is 1. The number of anilines is 1. The highest BCUT2D eigenvalue weighted by atomic mass is 127. The fourth-order valence-electron chi connectivity index (χ4n) is 1.86. The number of guanidine groups is 1. The maximum Gasteiger partial charge on any atom is 0.224 e. The number of halogens is 1. The predicted molar refractivity (Wildman–Crippen MR) is 104 cm³/mol. The zero-order valence-electron chi connectivity index (χ0n) is 13.6. The van der Waals surface area contributed by atoms with Crippen LogP contribution in [0.4, 0.5) is 5.69 Å². The quantitative estimate of drug-likeness (QED) is 0.362. The Hall–Kier alpha value is -1.31. The van der Waals surface area contributed by atoms with E-state index in [2.05, 4.69) is 27.9 Å². The molecule has 0 aliphatic rings. The van der Waals surface area contributed by atoms with Gasteiger partial charge in [0.2, 0.25) is 5.91 Å². The van der Waals surface area contributed by atoms with Crippen LogP contribution < -0.4 is 16.0 Å². The Morgan fingerprint density at radius 3 is 2.59 bits per heavy atom. The molecule has 124 valence electrons. The fraction of sp³-hybridized carbons (Fsp3) is 0.500. The first-order valence-electron chi connectivity index (χ1n) is 7.52. The molecular formula is C16H27IN4O. The molecule has 1 amide bonds. The first kappa shape index (κ1) is 20.7. The SMILES string of the molecule is CCCNC(=NC)NCc1cccc(NC(=O)CCC)c1.I. The number of nitrogens with one attached hydrogen (secondary N) is 3. The largest absolute Gasteiger partial charge is 0.356 e. The van der Waals surface area contributed by atoms with Crippen molar-refractivity contribution in [2.45, 2.75) is 39.7 Å². The number of rotatable bonds is 7. The molecule has 0 aliphatic carbocycles. The van der Waals surface area contributed by atoms with Crippen molar-refractivity contribution >= 4 is 41.5 Å². The van der Waals surface area contributed by atoms with Crippen molar-refractivity contribution in [1.82, 2.24) is 10.6 Å². The summed E-state index contributed by atoms with van der Waals surface area (Å²) in [7, 11) is 1.76. The van der Waals surface area contributed by atoms with Gasteiger partial charge in [-0.3, -0.25) is 9.79 Å². The summed E-state index contributed by atoms with van der Waals surface area (Å²) < 4.78 is 0. The molecule has 22 heavy (non-hydrogen) atoms. The molecule has 1 rings (SSSR count). The van der Waals surface area contributed by atoms with Crippen molar-refractivity contribution in [3.8, 4) is 0 Å². The molecule has 0 unspecified atom stereocenters. The summed E-state index contributed by atoms with van der Waals surface area (Å²) in [5, 5.41) is 9.38. The first-order chi connectivity index (χ1) is 10.2. The lowest BCUT2D eigenvalue weighted by molar-refractivity contribution is -0.116. The molecule has 1 aromatic carbocycles. The van der Waals surface area contributed by atoms with E-state index in [0.29, 0.717) is 13.0 Å². The van der Waals surface area contributed by atoms with Gasteiger partial charge in [0.15, 0.2) is 5.96 Å². The lowest BCUT2D eigenvalue weighted by atomic mass is 10.2. The lowest BCUT2D eigenvalue weighted by Gasteiger charge is -2.12. The number of aliphatic imine (C=N–C) groups is 1. The van der Waals surface area contributed by atoms with Gasteiger partial charge in [0.1, 0.15) is 0 Å². The molecule has 0 atom stereocenters. The van der Waals surface area contributed by atoms with E-state index in [0.717, 1.165) is 36.6 Å². The highest BCUT2D eigenvalue weighted by molar-refractivity contribution is 14.0. The third-order valence-electron chi connectivity index (χ3n) is 2.91. The summed E-state index contributed by atoms with van der Waals surface area (Å²) in [6.45, 7) is 5.67. The van der Waals surface area contributed by atoms with E-state index in [4.69, 9.17) is 0 Å². The summed E-state index contributed by atoms with van der Waals surface area (Å²) in [6.07, 6.45) is 2.46. The Morgan fingerprint density at radius 2 is 1.95 bits per heavy atom. The Balaban J connectivity index is 0.00000441. The van der Waals surface area contributed by atoms with Gasteiger partial charge in [-0.05, 0) is 30.5 Å². The van der Waals surface area contributed by atoms with Crippen LogP contribution in [0, 0.1) is 0 Å². The third kappa shape index (κ3) is 8.21. The lowest BCUT2D eigenvalue weighted by Crippen LogP contribution is -2.37. The van der Waals surface area contributed by atoms with Gasteiger partial charge in [-0.2, -0.15) is 0 Å². The average molecular weight is 418 g/mol. The number of carbonyl (C=O) groups excluding carboxylic acids is 1. The molecule has 0 spiro atoms. The number of nitrogens with zero attached hydrogens (tertiary/aromatic N) is 1. The fourth-order valence-corrected chi connectivity index (χ4v) is 1.86. The van der Waals surface area contributed by atoms with E-state index in [9.17, 15) is 4.79 Å². The second-order valence-corrected chi connectivity index (χ2v) is 4.85. The van der Waals surface area contributed by atoms with E-state index in [1.54, 1.807) is 7.05 Å². The topological polar surface area (TPSA) is 65.5 Å². The zero-order chi connectivity index (χ0) is 15.5. The van der Waals surface area contributed by atoms with Gasteiger partial charge in [0.05, 0.1) is 0 Å². The van der Waals surface area contributed by atoms with E-state index in [1.165, 1.54) is 0 Å². The van der Waals surface area contributed by atoms with Crippen molar-refractivity contribution in [3.05, 3.63) is 29.8 Å². The number of hydrogen-bond donors (Lipinski definition) is 3. The van der Waals surface area contributed by atoms with Crippen LogP contribution in [0.5, 0.6) is 0 Å². The molecule has 0 aromatic heterocycles. The van der Waals surface area contributed by atoms with Crippen LogP contribution in [0.25, 0.3) is 0 Å². The molecule has 5 nitrogen and oxygen atoms in total. The summed E-state index contributed by atoms with van der Waals surface area (Å²) >= 11 is 0. The minimum atomic E-state index is 0. The maximum absolute atomic E-state index is 11.6. The highest BCUT2D eigenvalue weighted by Crippen LogP contribution is 2.11. The first-order valence-corrected chi connectivity index (χ1v) is 7.52. The Morgan fingerprint density at radius 1 is 1.18 bits per heavy atom. The molecule has 0 aliphatic heterocycles. The minimum Gasteiger partial charge on any atom is -0.356 e. The van der Waals surface area contributed by atoms with Gasteiger partial charge in [0.25, 0.3) is 0 Å². The zero-order valence-corrected chi connectivity index (χ0v) is 15.9. The molecule has 0 radical (unpaired) electrons. The minimum absolute atomic E-state index is 0. The Labute approximate surface area is 150 Å². The van der Waals surface area contributed by atoms with Crippen LogP contribution in [0.2, 0.25) is 0 Å². The number of carbonyl (C=O) groups is 1. The van der Waals surface area contributed by atoms with Crippen LogP contribution in [0.15, 0.2) is 29.3 Å². The van der Waals surface area contributed by atoms with Gasteiger partial charge >= 0.3 is 0 Å². The third-order valence-corrected chi connectivity index (χ3v) is 2.91. The van der Waals surface area contributed by atoms with E-state index in [1.807, 2.05) is 31.2 Å². The van der Waals surface area contributed by atoms with Crippen LogP contribution in [0.3, 0.4) is 0 Å². The second-order valence-electron chi connectivity index (χ2n) is 4.85. The van der Waals surface area contributed by atoms with Crippen molar-refractivity contribution in [3.63, 3.8) is 0 Å². The standard InChI is InChI=1S/C16H26N4O.HI/c1-4-7-15(21)20-14-9-6-8-13(11-14)12-19-16(17-3)18-10-5-2;/h6,8-9,11H,4-5,7,10,12H2,1-3H3,(H,20,21)(H2,17,18,19);1H. The molecule has 3 N–H and O–H groups in total. The van der Waals surface area contributed by atoms with Crippen LogP contribution in [-0.4, -0.2) is 25.5 Å². The van der Waals surface area contributed by atoms with Crippen molar-refractivity contribution in [2.24, 2.45) is 4.99 Å². The monoisotopic (exact) mass is 418 g/mol. The van der Waals surface area contributed by atoms with Gasteiger partial charge in [-0.15, -0.1) is 24.0 Å². The Bertz CT molecular complexity index is 477. The normalized spacial score (nSPS) is 10.6. The molecule has 0 saturated heterocycles.